The average Bonchev–Trinajstić information content (AvgIpc) is 2.69. The zero-order valence-corrected chi connectivity index (χ0v) is 9.29. The zero-order chi connectivity index (χ0) is 10.4. The molecular weight excluding hydrogens is 178 g/mol. The molecule has 1 fully saturated rings. The van der Waals surface area contributed by atoms with Gasteiger partial charge in [-0.25, -0.2) is 0 Å². The zero-order valence-electron chi connectivity index (χ0n) is 9.29. The van der Waals surface area contributed by atoms with Crippen LogP contribution in [-0.2, 0) is 9.53 Å². The fraction of sp³-hybridized carbons (Fsp3) is 0.909. The number of likely N-dealkylation sites (tertiary alicyclic amines) is 1. The van der Waals surface area contributed by atoms with Crippen LogP contribution in [0.3, 0.4) is 0 Å². The molecule has 1 unspecified atom stereocenters. The van der Waals surface area contributed by atoms with E-state index in [0.29, 0.717) is 6.61 Å². The van der Waals surface area contributed by atoms with Gasteiger partial charge < -0.3 is 4.74 Å². The van der Waals surface area contributed by atoms with Crippen molar-refractivity contribution in [3.05, 3.63) is 0 Å². The molecule has 0 amide bonds. The van der Waals surface area contributed by atoms with E-state index in [4.69, 9.17) is 4.74 Å². The van der Waals surface area contributed by atoms with Gasteiger partial charge in [-0.2, -0.15) is 0 Å². The van der Waals surface area contributed by atoms with Crippen LogP contribution in [0.5, 0.6) is 0 Å². The molecule has 1 saturated heterocycles. The minimum Gasteiger partial charge on any atom is -0.464 e. The lowest BCUT2D eigenvalue weighted by molar-refractivity contribution is -0.148. The molecule has 3 nitrogen and oxygen atoms in total. The number of carbonyl (C=O) groups excluding carboxylic acids is 1. The van der Waals surface area contributed by atoms with Crippen molar-refractivity contribution in [3.8, 4) is 0 Å². The summed E-state index contributed by atoms with van der Waals surface area (Å²) < 4.78 is 5.18. The first-order chi connectivity index (χ1) is 6.74. The first kappa shape index (κ1) is 11.5. The van der Waals surface area contributed by atoms with Gasteiger partial charge in [0.15, 0.2) is 0 Å². The number of nitrogens with zero attached hydrogens (tertiary/aromatic N) is 1. The lowest BCUT2D eigenvalue weighted by Gasteiger charge is -2.15. The molecule has 0 N–H and O–H groups in total. The van der Waals surface area contributed by atoms with E-state index < -0.39 is 0 Å². The van der Waals surface area contributed by atoms with Crippen LogP contribution in [0.4, 0.5) is 0 Å². The molecule has 0 aliphatic carbocycles. The van der Waals surface area contributed by atoms with Crippen molar-refractivity contribution in [2.24, 2.45) is 5.92 Å². The minimum atomic E-state index is -0.0494. The maximum atomic E-state index is 11.3. The Kier molecular flexibility index (Phi) is 4.94. The Bertz CT molecular complexity index is 176. The van der Waals surface area contributed by atoms with Crippen LogP contribution < -0.4 is 0 Å². The molecule has 1 aliphatic rings. The largest absolute Gasteiger partial charge is 0.464 e. The topological polar surface area (TPSA) is 29.5 Å². The summed E-state index contributed by atoms with van der Waals surface area (Å²) in [7, 11) is 0. The number of carbonyl (C=O) groups is 1. The van der Waals surface area contributed by atoms with Gasteiger partial charge in [0.25, 0.3) is 0 Å². The SMILES string of the molecule is CCC(C)C(=O)OCCN1CCCC1. The fourth-order valence-electron chi connectivity index (χ4n) is 1.59. The summed E-state index contributed by atoms with van der Waals surface area (Å²) in [5, 5.41) is 0. The van der Waals surface area contributed by atoms with Gasteiger partial charge in [0.1, 0.15) is 6.61 Å². The number of hydrogen-bond donors (Lipinski definition) is 0. The quantitative estimate of drug-likeness (QED) is 0.631. The standard InChI is InChI=1S/C11H21NO2/c1-3-10(2)11(13)14-9-8-12-6-4-5-7-12/h10H,3-9H2,1-2H3. The van der Waals surface area contributed by atoms with Gasteiger partial charge in [-0.05, 0) is 32.4 Å². The van der Waals surface area contributed by atoms with Crippen LogP contribution in [0, 0.1) is 5.92 Å². The number of ether oxygens (including phenoxy) is 1. The number of hydrogen-bond acceptors (Lipinski definition) is 3. The van der Waals surface area contributed by atoms with Crippen molar-refractivity contribution in [2.45, 2.75) is 33.1 Å². The summed E-state index contributed by atoms with van der Waals surface area (Å²) in [4.78, 5) is 13.7. The molecule has 1 rings (SSSR count). The van der Waals surface area contributed by atoms with Gasteiger partial charge >= 0.3 is 5.97 Å². The highest BCUT2D eigenvalue weighted by molar-refractivity contribution is 5.71. The summed E-state index contributed by atoms with van der Waals surface area (Å²) in [6.45, 7) is 7.72. The number of esters is 1. The van der Waals surface area contributed by atoms with Gasteiger partial charge in [-0.3, -0.25) is 9.69 Å². The summed E-state index contributed by atoms with van der Waals surface area (Å²) in [5.41, 5.74) is 0. The van der Waals surface area contributed by atoms with Crippen molar-refractivity contribution in [1.29, 1.82) is 0 Å². The molecule has 0 spiro atoms. The van der Waals surface area contributed by atoms with E-state index in [1.165, 1.54) is 25.9 Å². The fourth-order valence-corrected chi connectivity index (χ4v) is 1.59. The van der Waals surface area contributed by atoms with Crippen LogP contribution in [0.25, 0.3) is 0 Å². The van der Waals surface area contributed by atoms with E-state index >= 15 is 0 Å². The first-order valence-electron chi connectivity index (χ1n) is 5.63. The summed E-state index contributed by atoms with van der Waals surface area (Å²) >= 11 is 0. The van der Waals surface area contributed by atoms with E-state index in [9.17, 15) is 4.79 Å². The van der Waals surface area contributed by atoms with Gasteiger partial charge in [0.2, 0.25) is 0 Å². The van der Waals surface area contributed by atoms with Gasteiger partial charge in [-0.15, -0.1) is 0 Å². The lowest BCUT2D eigenvalue weighted by atomic mass is 10.1. The maximum Gasteiger partial charge on any atom is 0.308 e. The highest BCUT2D eigenvalue weighted by Gasteiger charge is 2.14. The molecule has 0 saturated carbocycles. The van der Waals surface area contributed by atoms with E-state index in [1.54, 1.807) is 0 Å². The Morgan fingerprint density at radius 1 is 1.43 bits per heavy atom. The van der Waals surface area contributed by atoms with Crippen molar-refractivity contribution in [2.75, 3.05) is 26.2 Å². The third-order valence-corrected chi connectivity index (χ3v) is 2.87. The highest BCUT2D eigenvalue weighted by Crippen LogP contribution is 2.07. The predicted octanol–water partition coefficient (Wildman–Crippen LogP) is 1.67. The molecule has 3 heteroatoms. The van der Waals surface area contributed by atoms with E-state index in [-0.39, 0.29) is 11.9 Å². The van der Waals surface area contributed by atoms with E-state index in [1.807, 2.05) is 13.8 Å². The predicted molar refractivity (Wildman–Crippen MR) is 56.1 cm³/mol. The first-order valence-corrected chi connectivity index (χ1v) is 5.63. The second kappa shape index (κ2) is 6.02. The molecule has 82 valence electrons. The Morgan fingerprint density at radius 3 is 2.64 bits per heavy atom. The Hall–Kier alpha value is -0.570. The summed E-state index contributed by atoms with van der Waals surface area (Å²) in [5.74, 6) is 0.000255. The molecule has 0 aromatic rings. The van der Waals surface area contributed by atoms with Crippen molar-refractivity contribution in [3.63, 3.8) is 0 Å². The highest BCUT2D eigenvalue weighted by atomic mass is 16.5. The normalized spacial score (nSPS) is 19.6. The summed E-state index contributed by atoms with van der Waals surface area (Å²) in [6, 6.07) is 0. The second-order valence-corrected chi connectivity index (χ2v) is 4.03. The Balaban J connectivity index is 2.05. The van der Waals surface area contributed by atoms with Crippen molar-refractivity contribution >= 4 is 5.97 Å². The molecular formula is C11H21NO2. The lowest BCUT2D eigenvalue weighted by Crippen LogP contribution is -2.26. The monoisotopic (exact) mass is 199 g/mol. The van der Waals surface area contributed by atoms with Crippen molar-refractivity contribution in [1.82, 2.24) is 4.90 Å². The average molecular weight is 199 g/mol. The molecule has 1 atom stereocenters. The van der Waals surface area contributed by atoms with Crippen LogP contribution in [-0.4, -0.2) is 37.1 Å². The Labute approximate surface area is 86.4 Å². The van der Waals surface area contributed by atoms with E-state index in [2.05, 4.69) is 4.90 Å². The minimum absolute atomic E-state index is 0.0494. The van der Waals surface area contributed by atoms with Crippen LogP contribution in [0.2, 0.25) is 0 Å². The van der Waals surface area contributed by atoms with Crippen molar-refractivity contribution < 1.29 is 9.53 Å². The van der Waals surface area contributed by atoms with Crippen LogP contribution in [0.1, 0.15) is 33.1 Å². The molecule has 14 heavy (non-hydrogen) atoms. The third-order valence-electron chi connectivity index (χ3n) is 2.87. The smallest absolute Gasteiger partial charge is 0.308 e. The van der Waals surface area contributed by atoms with Crippen LogP contribution >= 0.6 is 0 Å². The third kappa shape index (κ3) is 3.66. The maximum absolute atomic E-state index is 11.3. The Morgan fingerprint density at radius 2 is 2.07 bits per heavy atom. The molecule has 0 aromatic carbocycles. The van der Waals surface area contributed by atoms with Gasteiger partial charge in [0.05, 0.1) is 5.92 Å². The molecule has 1 heterocycles. The molecule has 0 aromatic heterocycles. The van der Waals surface area contributed by atoms with E-state index in [0.717, 1.165) is 13.0 Å². The summed E-state index contributed by atoms with van der Waals surface area (Å²) in [6.07, 6.45) is 3.45. The second-order valence-electron chi connectivity index (χ2n) is 4.03. The van der Waals surface area contributed by atoms with Crippen LogP contribution in [0.15, 0.2) is 0 Å². The van der Waals surface area contributed by atoms with Gasteiger partial charge in [-0.1, -0.05) is 13.8 Å². The molecule has 0 radical (unpaired) electrons. The molecule has 0 bridgehead atoms. The van der Waals surface area contributed by atoms with Gasteiger partial charge in [0, 0.05) is 6.54 Å². The number of rotatable bonds is 5. The molecule has 1 aliphatic heterocycles.